The van der Waals surface area contributed by atoms with E-state index < -0.39 is 0 Å². The molecule has 0 amide bonds. The quantitative estimate of drug-likeness (QED) is 0.835. The lowest BCUT2D eigenvalue weighted by Crippen LogP contribution is -1.89. The third-order valence-corrected chi connectivity index (χ3v) is 2.95. The van der Waals surface area contributed by atoms with Gasteiger partial charge in [0.15, 0.2) is 5.16 Å². The summed E-state index contributed by atoms with van der Waals surface area (Å²) in [7, 11) is 0. The maximum absolute atomic E-state index is 8.92. The summed E-state index contributed by atoms with van der Waals surface area (Å²) < 4.78 is 0. The average molecular weight is 243 g/mol. The molecule has 17 heavy (non-hydrogen) atoms. The van der Waals surface area contributed by atoms with E-state index in [1.807, 2.05) is 30.3 Å². The summed E-state index contributed by atoms with van der Waals surface area (Å²) in [5, 5.41) is 18.2. The second-order valence-electron chi connectivity index (χ2n) is 3.24. The van der Waals surface area contributed by atoms with Crippen molar-refractivity contribution in [1.82, 2.24) is 9.97 Å². The minimum absolute atomic E-state index is 0.0331. The van der Waals surface area contributed by atoms with Crippen molar-refractivity contribution in [3.8, 4) is 6.07 Å². The topological polar surface area (TPSA) is 69.8 Å². The summed E-state index contributed by atoms with van der Waals surface area (Å²) in [6.07, 6.45) is 1.57. The molecule has 0 bridgehead atoms. The van der Waals surface area contributed by atoms with Gasteiger partial charge in [-0.3, -0.25) is 0 Å². The second-order valence-corrected chi connectivity index (χ2v) is 4.28. The minimum atomic E-state index is 0.0331. The summed E-state index contributed by atoms with van der Waals surface area (Å²) in [4.78, 5) is 9.12. The molecule has 0 saturated carbocycles. The highest BCUT2D eigenvalue weighted by Gasteiger charge is 2.01. The van der Waals surface area contributed by atoms with Crippen LogP contribution < -0.4 is 0 Å². The normalized spacial score (nSPS) is 9.88. The van der Waals surface area contributed by atoms with Crippen LogP contribution in [0.15, 0.2) is 46.6 Å². The molecule has 5 heteroatoms. The maximum Gasteiger partial charge on any atom is 0.193 e. The molecule has 0 aliphatic heterocycles. The van der Waals surface area contributed by atoms with Crippen molar-refractivity contribution < 1.29 is 5.11 Å². The van der Waals surface area contributed by atoms with E-state index in [0.717, 1.165) is 10.5 Å². The van der Waals surface area contributed by atoms with E-state index in [2.05, 4.69) is 9.97 Å². The fraction of sp³-hybridized carbons (Fsp3) is 0.0833. The molecular formula is C12H9N3OS. The lowest BCUT2D eigenvalue weighted by atomic mass is 10.2. The van der Waals surface area contributed by atoms with Crippen LogP contribution in [0.3, 0.4) is 0 Å². The van der Waals surface area contributed by atoms with Crippen molar-refractivity contribution >= 4 is 11.8 Å². The molecule has 2 rings (SSSR count). The van der Waals surface area contributed by atoms with E-state index in [0.29, 0.717) is 10.9 Å². The van der Waals surface area contributed by atoms with Crippen molar-refractivity contribution in [3.05, 3.63) is 47.8 Å². The van der Waals surface area contributed by atoms with Gasteiger partial charge in [-0.05, 0) is 35.5 Å². The number of hydrogen-bond donors (Lipinski definition) is 1. The van der Waals surface area contributed by atoms with Crippen LogP contribution in [-0.4, -0.2) is 15.1 Å². The molecular weight excluding hydrogens is 234 g/mol. The molecule has 4 nitrogen and oxygen atoms in total. The van der Waals surface area contributed by atoms with Crippen molar-refractivity contribution in [2.24, 2.45) is 0 Å². The molecule has 84 valence electrons. The lowest BCUT2D eigenvalue weighted by Gasteiger charge is -2.01. The Bertz CT molecular complexity index is 548. The highest BCUT2D eigenvalue weighted by atomic mass is 32.2. The van der Waals surface area contributed by atoms with E-state index in [4.69, 9.17) is 10.4 Å². The number of nitrogens with zero attached hydrogens (tertiary/aromatic N) is 3. The highest BCUT2D eigenvalue weighted by molar-refractivity contribution is 7.99. The van der Waals surface area contributed by atoms with E-state index in [1.54, 1.807) is 12.3 Å². The first-order valence-corrected chi connectivity index (χ1v) is 5.74. The summed E-state index contributed by atoms with van der Waals surface area (Å²) in [5.74, 6) is 0. The molecule has 1 N–H and O–H groups in total. The van der Waals surface area contributed by atoms with Crippen LogP contribution in [0, 0.1) is 11.3 Å². The van der Waals surface area contributed by atoms with Gasteiger partial charge in [0.2, 0.25) is 0 Å². The predicted molar refractivity (Wildman–Crippen MR) is 63.2 cm³/mol. The molecule has 0 radical (unpaired) electrons. The summed E-state index contributed by atoms with van der Waals surface area (Å²) in [6, 6.07) is 11.0. The fourth-order valence-electron chi connectivity index (χ4n) is 1.22. The van der Waals surface area contributed by atoms with Crippen molar-refractivity contribution in [2.75, 3.05) is 0 Å². The highest BCUT2D eigenvalue weighted by Crippen LogP contribution is 2.24. The molecule has 0 aliphatic carbocycles. The van der Waals surface area contributed by atoms with E-state index in [9.17, 15) is 0 Å². The molecule has 2 aromatic rings. The largest absolute Gasteiger partial charge is 0.392 e. The van der Waals surface area contributed by atoms with Gasteiger partial charge >= 0.3 is 0 Å². The first-order chi connectivity index (χ1) is 8.31. The standard InChI is InChI=1S/C12H9N3OS/c13-7-10-5-6-14-12(15-10)17-11-3-1-9(8-16)2-4-11/h1-6,16H,8H2. The zero-order valence-electron chi connectivity index (χ0n) is 8.87. The third-order valence-electron chi connectivity index (χ3n) is 2.06. The SMILES string of the molecule is N#Cc1ccnc(Sc2ccc(CO)cc2)n1. The molecule has 0 saturated heterocycles. The number of aliphatic hydroxyl groups is 1. The Morgan fingerprint density at radius 1 is 1.24 bits per heavy atom. The molecule has 0 atom stereocenters. The van der Waals surface area contributed by atoms with Gasteiger partial charge in [0.05, 0.1) is 6.61 Å². The van der Waals surface area contributed by atoms with Gasteiger partial charge in [0.25, 0.3) is 0 Å². The molecule has 0 aliphatic rings. The first kappa shape index (κ1) is 11.6. The molecule has 1 aromatic carbocycles. The fourth-order valence-corrected chi connectivity index (χ4v) is 1.96. The average Bonchev–Trinajstić information content (AvgIpc) is 2.40. The number of aromatic nitrogens is 2. The Labute approximate surface area is 103 Å². The number of hydrogen-bond acceptors (Lipinski definition) is 5. The maximum atomic E-state index is 8.92. The Balaban J connectivity index is 2.16. The van der Waals surface area contributed by atoms with Gasteiger partial charge < -0.3 is 5.11 Å². The summed E-state index contributed by atoms with van der Waals surface area (Å²) >= 11 is 1.38. The Morgan fingerprint density at radius 3 is 2.65 bits per heavy atom. The minimum Gasteiger partial charge on any atom is -0.392 e. The van der Waals surface area contributed by atoms with Gasteiger partial charge in [0, 0.05) is 11.1 Å². The first-order valence-electron chi connectivity index (χ1n) is 4.92. The molecule has 0 fully saturated rings. The summed E-state index contributed by atoms with van der Waals surface area (Å²) in [6.45, 7) is 0.0331. The van der Waals surface area contributed by atoms with Crippen molar-refractivity contribution in [3.63, 3.8) is 0 Å². The van der Waals surface area contributed by atoms with Gasteiger partial charge in [-0.1, -0.05) is 12.1 Å². The number of benzene rings is 1. The van der Waals surface area contributed by atoms with Crippen LogP contribution in [0.1, 0.15) is 11.3 Å². The van der Waals surface area contributed by atoms with Crippen LogP contribution in [0.2, 0.25) is 0 Å². The van der Waals surface area contributed by atoms with Gasteiger partial charge in [-0.25, -0.2) is 9.97 Å². The smallest absolute Gasteiger partial charge is 0.193 e. The van der Waals surface area contributed by atoms with Gasteiger partial charge in [0.1, 0.15) is 11.8 Å². The Hall–Kier alpha value is -1.90. The van der Waals surface area contributed by atoms with Crippen molar-refractivity contribution in [1.29, 1.82) is 5.26 Å². The summed E-state index contributed by atoms with van der Waals surface area (Å²) in [5.41, 5.74) is 1.22. The van der Waals surface area contributed by atoms with Crippen molar-refractivity contribution in [2.45, 2.75) is 16.7 Å². The number of nitriles is 1. The molecule has 1 heterocycles. The van der Waals surface area contributed by atoms with E-state index >= 15 is 0 Å². The van der Waals surface area contributed by atoms with Crippen LogP contribution in [0.5, 0.6) is 0 Å². The van der Waals surface area contributed by atoms with E-state index in [1.165, 1.54) is 11.8 Å². The van der Waals surface area contributed by atoms with Crippen LogP contribution in [-0.2, 0) is 6.61 Å². The third kappa shape index (κ3) is 3.03. The van der Waals surface area contributed by atoms with Gasteiger partial charge in [-0.15, -0.1) is 0 Å². The zero-order valence-corrected chi connectivity index (χ0v) is 9.68. The van der Waals surface area contributed by atoms with E-state index in [-0.39, 0.29) is 6.61 Å². The van der Waals surface area contributed by atoms with Crippen LogP contribution in [0.25, 0.3) is 0 Å². The number of rotatable bonds is 3. The Morgan fingerprint density at radius 2 is 2.00 bits per heavy atom. The van der Waals surface area contributed by atoms with Crippen LogP contribution in [0.4, 0.5) is 0 Å². The van der Waals surface area contributed by atoms with Crippen LogP contribution >= 0.6 is 11.8 Å². The Kier molecular flexibility index (Phi) is 3.70. The number of aliphatic hydroxyl groups excluding tert-OH is 1. The van der Waals surface area contributed by atoms with Gasteiger partial charge in [-0.2, -0.15) is 5.26 Å². The monoisotopic (exact) mass is 243 g/mol. The zero-order chi connectivity index (χ0) is 12.1. The lowest BCUT2D eigenvalue weighted by molar-refractivity contribution is 0.282. The second kappa shape index (κ2) is 5.43. The predicted octanol–water partition coefficient (Wildman–Crippen LogP) is 1.99. The molecule has 1 aromatic heterocycles. The molecule has 0 unspecified atom stereocenters. The molecule has 0 spiro atoms.